The number of methoxy groups -OCH3 is 1. The van der Waals surface area contributed by atoms with Gasteiger partial charge in [0.15, 0.2) is 0 Å². The third kappa shape index (κ3) is 5.34. The maximum absolute atomic E-state index is 13.9. The number of hydrogen-bond donors (Lipinski definition) is 1. The zero-order chi connectivity index (χ0) is 19.2. The molecule has 0 bridgehead atoms. The molecule has 5 nitrogen and oxygen atoms in total. The van der Waals surface area contributed by atoms with E-state index in [-0.39, 0.29) is 11.7 Å². The molecule has 7 heteroatoms. The SMILES string of the molecule is COc1ccc(CN2CCCN(C(=O)Nc3ccc(Cl)cc3F)CC2)cc1. The summed E-state index contributed by atoms with van der Waals surface area (Å²) in [6, 6.07) is 11.9. The third-order valence-corrected chi connectivity index (χ3v) is 4.85. The molecule has 2 amide bonds. The Morgan fingerprint density at radius 1 is 1.15 bits per heavy atom. The standard InChI is InChI=1S/C20H23ClFN3O2/c1-27-17-6-3-15(4-7-17)14-24-9-2-10-25(12-11-24)20(26)23-19-8-5-16(21)13-18(19)22/h3-8,13H,2,9-12,14H2,1H3,(H,23,26). The van der Waals surface area contributed by atoms with Crippen molar-refractivity contribution in [2.75, 3.05) is 38.6 Å². The van der Waals surface area contributed by atoms with Gasteiger partial charge in [-0.05, 0) is 42.3 Å². The Balaban J connectivity index is 1.54. The summed E-state index contributed by atoms with van der Waals surface area (Å²) < 4.78 is 19.1. The normalized spacial score (nSPS) is 15.3. The molecule has 0 saturated carbocycles. The van der Waals surface area contributed by atoms with Gasteiger partial charge in [-0.15, -0.1) is 0 Å². The van der Waals surface area contributed by atoms with E-state index in [1.807, 2.05) is 12.1 Å². The summed E-state index contributed by atoms with van der Waals surface area (Å²) in [6.07, 6.45) is 0.868. The van der Waals surface area contributed by atoms with Crippen molar-refractivity contribution in [1.82, 2.24) is 9.80 Å². The Labute approximate surface area is 163 Å². The van der Waals surface area contributed by atoms with Gasteiger partial charge in [-0.2, -0.15) is 0 Å². The first-order valence-electron chi connectivity index (χ1n) is 8.91. The first kappa shape index (κ1) is 19.5. The van der Waals surface area contributed by atoms with Crippen molar-refractivity contribution in [3.63, 3.8) is 0 Å². The number of ether oxygens (including phenoxy) is 1. The minimum atomic E-state index is -0.535. The van der Waals surface area contributed by atoms with Gasteiger partial charge < -0.3 is 15.0 Å². The molecule has 0 unspecified atom stereocenters. The molecule has 1 fully saturated rings. The first-order chi connectivity index (χ1) is 13.0. The monoisotopic (exact) mass is 391 g/mol. The molecule has 0 aromatic heterocycles. The van der Waals surface area contributed by atoms with Crippen LogP contribution in [0.25, 0.3) is 0 Å². The number of urea groups is 1. The van der Waals surface area contributed by atoms with Gasteiger partial charge >= 0.3 is 6.03 Å². The molecule has 1 aliphatic heterocycles. The summed E-state index contributed by atoms with van der Waals surface area (Å²) in [7, 11) is 1.65. The number of hydrogen-bond acceptors (Lipinski definition) is 3. The first-order valence-corrected chi connectivity index (χ1v) is 9.29. The predicted octanol–water partition coefficient (Wildman–Crippen LogP) is 4.23. The van der Waals surface area contributed by atoms with Crippen molar-refractivity contribution >= 4 is 23.3 Å². The Kier molecular flexibility index (Phi) is 6.53. The lowest BCUT2D eigenvalue weighted by Gasteiger charge is -2.22. The van der Waals surface area contributed by atoms with Crippen LogP contribution in [0.1, 0.15) is 12.0 Å². The van der Waals surface area contributed by atoms with E-state index >= 15 is 0 Å². The number of anilines is 1. The Morgan fingerprint density at radius 3 is 2.63 bits per heavy atom. The van der Waals surface area contributed by atoms with Gasteiger partial charge in [0.25, 0.3) is 0 Å². The predicted molar refractivity (Wildman–Crippen MR) is 105 cm³/mol. The van der Waals surface area contributed by atoms with Crippen molar-refractivity contribution < 1.29 is 13.9 Å². The fourth-order valence-corrected chi connectivity index (χ4v) is 3.27. The number of halogens is 2. The van der Waals surface area contributed by atoms with Gasteiger partial charge in [0.05, 0.1) is 12.8 Å². The highest BCUT2D eigenvalue weighted by atomic mass is 35.5. The average molecular weight is 392 g/mol. The second-order valence-corrected chi connectivity index (χ2v) is 6.96. The molecule has 3 rings (SSSR count). The minimum absolute atomic E-state index is 0.142. The van der Waals surface area contributed by atoms with Crippen LogP contribution >= 0.6 is 11.6 Å². The highest BCUT2D eigenvalue weighted by molar-refractivity contribution is 6.30. The van der Waals surface area contributed by atoms with Gasteiger partial charge in [0, 0.05) is 37.7 Å². The molecule has 0 aliphatic carbocycles. The molecule has 0 spiro atoms. The van der Waals surface area contributed by atoms with Crippen LogP contribution in [0.15, 0.2) is 42.5 Å². The van der Waals surface area contributed by atoms with Crippen LogP contribution in [0.3, 0.4) is 0 Å². The van der Waals surface area contributed by atoms with Crippen LogP contribution in [-0.4, -0.2) is 49.1 Å². The van der Waals surface area contributed by atoms with E-state index in [0.717, 1.165) is 31.8 Å². The lowest BCUT2D eigenvalue weighted by Crippen LogP contribution is -2.38. The van der Waals surface area contributed by atoms with Crippen LogP contribution in [0.2, 0.25) is 5.02 Å². The third-order valence-electron chi connectivity index (χ3n) is 4.61. The zero-order valence-electron chi connectivity index (χ0n) is 15.3. The molecule has 1 heterocycles. The van der Waals surface area contributed by atoms with Gasteiger partial charge in [-0.25, -0.2) is 9.18 Å². The van der Waals surface area contributed by atoms with Gasteiger partial charge in [0.2, 0.25) is 0 Å². The van der Waals surface area contributed by atoms with E-state index < -0.39 is 5.82 Å². The molecular formula is C20H23ClFN3O2. The van der Waals surface area contributed by atoms with E-state index in [1.165, 1.54) is 17.7 Å². The molecule has 0 atom stereocenters. The Morgan fingerprint density at radius 2 is 1.93 bits per heavy atom. The van der Waals surface area contributed by atoms with Gasteiger partial charge in [-0.3, -0.25) is 4.90 Å². The van der Waals surface area contributed by atoms with Crippen molar-refractivity contribution in [2.45, 2.75) is 13.0 Å². The average Bonchev–Trinajstić information content (AvgIpc) is 2.90. The van der Waals surface area contributed by atoms with Crippen LogP contribution in [0.5, 0.6) is 5.75 Å². The number of nitrogens with one attached hydrogen (secondary N) is 1. The quantitative estimate of drug-likeness (QED) is 0.848. The molecule has 27 heavy (non-hydrogen) atoms. The smallest absolute Gasteiger partial charge is 0.321 e. The lowest BCUT2D eigenvalue weighted by atomic mass is 10.2. The molecule has 1 aliphatic rings. The summed E-state index contributed by atoms with van der Waals surface area (Å²) in [5.41, 5.74) is 1.35. The fraction of sp³-hybridized carbons (Fsp3) is 0.350. The molecule has 2 aromatic carbocycles. The van der Waals surface area contributed by atoms with E-state index in [9.17, 15) is 9.18 Å². The van der Waals surface area contributed by atoms with Crippen molar-refractivity contribution in [1.29, 1.82) is 0 Å². The van der Waals surface area contributed by atoms with Crippen molar-refractivity contribution in [3.8, 4) is 5.75 Å². The number of rotatable bonds is 4. The van der Waals surface area contributed by atoms with Crippen LogP contribution < -0.4 is 10.1 Å². The summed E-state index contributed by atoms with van der Waals surface area (Å²) in [4.78, 5) is 16.5. The lowest BCUT2D eigenvalue weighted by molar-refractivity contribution is 0.211. The maximum atomic E-state index is 13.9. The molecular weight excluding hydrogens is 369 g/mol. The highest BCUT2D eigenvalue weighted by Crippen LogP contribution is 2.20. The van der Waals surface area contributed by atoms with E-state index in [4.69, 9.17) is 16.3 Å². The summed E-state index contributed by atoms with van der Waals surface area (Å²) in [6.45, 7) is 3.73. The number of amides is 2. The molecule has 144 valence electrons. The zero-order valence-corrected chi connectivity index (χ0v) is 16.0. The van der Waals surface area contributed by atoms with E-state index in [2.05, 4.69) is 22.3 Å². The highest BCUT2D eigenvalue weighted by Gasteiger charge is 2.20. The summed E-state index contributed by atoms with van der Waals surface area (Å²) in [5.74, 6) is 0.304. The van der Waals surface area contributed by atoms with E-state index in [0.29, 0.717) is 18.1 Å². The number of benzene rings is 2. The molecule has 1 saturated heterocycles. The van der Waals surface area contributed by atoms with Crippen LogP contribution in [-0.2, 0) is 6.54 Å². The Bertz CT molecular complexity index is 785. The minimum Gasteiger partial charge on any atom is -0.497 e. The molecule has 1 N–H and O–H groups in total. The van der Waals surface area contributed by atoms with Crippen molar-refractivity contribution in [3.05, 3.63) is 58.9 Å². The maximum Gasteiger partial charge on any atom is 0.321 e. The molecule has 0 radical (unpaired) electrons. The van der Waals surface area contributed by atoms with Crippen molar-refractivity contribution in [2.24, 2.45) is 0 Å². The second-order valence-electron chi connectivity index (χ2n) is 6.52. The number of carbonyl (C=O) groups is 1. The summed E-state index contributed by atoms with van der Waals surface area (Å²) >= 11 is 5.75. The second kappa shape index (κ2) is 9.06. The largest absolute Gasteiger partial charge is 0.497 e. The van der Waals surface area contributed by atoms with Crippen LogP contribution in [0, 0.1) is 5.82 Å². The van der Waals surface area contributed by atoms with Gasteiger partial charge in [-0.1, -0.05) is 23.7 Å². The fourth-order valence-electron chi connectivity index (χ4n) is 3.11. The number of nitrogens with zero attached hydrogens (tertiary/aromatic N) is 2. The Hall–Kier alpha value is -2.31. The van der Waals surface area contributed by atoms with Crippen LogP contribution in [0.4, 0.5) is 14.9 Å². The molecule has 2 aromatic rings. The number of carbonyl (C=O) groups excluding carboxylic acids is 1. The topological polar surface area (TPSA) is 44.8 Å². The summed E-state index contributed by atoms with van der Waals surface area (Å²) in [5, 5.41) is 2.93. The van der Waals surface area contributed by atoms with Gasteiger partial charge in [0.1, 0.15) is 11.6 Å². The van der Waals surface area contributed by atoms with E-state index in [1.54, 1.807) is 18.1 Å².